The van der Waals surface area contributed by atoms with Crippen molar-refractivity contribution in [2.45, 2.75) is 29.3 Å². The number of urea groups is 1. The summed E-state index contributed by atoms with van der Waals surface area (Å²) in [6.07, 6.45) is 0.261. The number of halogens is 3. The quantitative estimate of drug-likeness (QED) is 0.567. The van der Waals surface area contributed by atoms with Gasteiger partial charge >= 0.3 is 11.5 Å². The number of carbonyl (C=O) groups is 3. The third-order valence-electron chi connectivity index (χ3n) is 4.45. The fourth-order valence-electron chi connectivity index (χ4n) is 3.01. The molecule has 2 aromatic carbocycles. The minimum absolute atomic E-state index is 0.00540. The Labute approximate surface area is 168 Å². The molecule has 1 aliphatic heterocycles. The van der Waals surface area contributed by atoms with Crippen LogP contribution in [0.5, 0.6) is 0 Å². The van der Waals surface area contributed by atoms with Gasteiger partial charge in [0, 0.05) is 10.5 Å². The van der Waals surface area contributed by atoms with Gasteiger partial charge in [-0.1, -0.05) is 37.3 Å². The van der Waals surface area contributed by atoms with Crippen LogP contribution in [0.2, 0.25) is 0 Å². The molecule has 1 unspecified atom stereocenters. The summed E-state index contributed by atoms with van der Waals surface area (Å²) in [5.41, 5.74) is -2.94. The molecule has 4 amide bonds. The Morgan fingerprint density at radius 3 is 2.28 bits per heavy atom. The maximum absolute atomic E-state index is 12.9. The average molecular weight is 423 g/mol. The monoisotopic (exact) mass is 423 g/mol. The number of imide groups is 1. The van der Waals surface area contributed by atoms with E-state index >= 15 is 0 Å². The Bertz CT molecular complexity index is 935. The van der Waals surface area contributed by atoms with Crippen molar-refractivity contribution in [2.75, 3.05) is 0 Å². The summed E-state index contributed by atoms with van der Waals surface area (Å²) in [6, 6.07) is 12.5. The van der Waals surface area contributed by atoms with Crippen LogP contribution in [0.15, 0.2) is 59.5 Å². The van der Waals surface area contributed by atoms with E-state index < -0.39 is 28.9 Å². The lowest BCUT2D eigenvalue weighted by Crippen LogP contribution is -2.48. The standard InChI is InChI=1S/C19H16F3N3O3S/c1-2-18(13-6-4-3-5-7-13)16(27)25(17(28)23-18)24-15(26)12-8-10-14(11-9-12)29-19(20,21)22/h3-11H,2H2,1H3,(H,23,28)(H,24,26). The molecule has 0 aliphatic carbocycles. The number of nitrogens with zero attached hydrogens (tertiary/aromatic N) is 1. The molecule has 1 aliphatic rings. The van der Waals surface area contributed by atoms with Crippen molar-refractivity contribution in [2.24, 2.45) is 0 Å². The first-order valence-corrected chi connectivity index (χ1v) is 9.37. The van der Waals surface area contributed by atoms with Crippen LogP contribution in [0.25, 0.3) is 0 Å². The molecule has 0 saturated carbocycles. The van der Waals surface area contributed by atoms with Gasteiger partial charge in [0.05, 0.1) is 0 Å². The highest BCUT2D eigenvalue weighted by atomic mass is 32.2. The van der Waals surface area contributed by atoms with Gasteiger partial charge in [-0.15, -0.1) is 0 Å². The molecule has 0 bridgehead atoms. The smallest absolute Gasteiger partial charge is 0.318 e. The normalized spacial score (nSPS) is 19.2. The van der Waals surface area contributed by atoms with Gasteiger partial charge in [0.25, 0.3) is 11.8 Å². The van der Waals surface area contributed by atoms with Gasteiger partial charge in [0.2, 0.25) is 0 Å². The second-order valence-corrected chi connectivity index (χ2v) is 7.35. The van der Waals surface area contributed by atoms with E-state index in [0.717, 1.165) is 12.1 Å². The third-order valence-corrected chi connectivity index (χ3v) is 5.19. The van der Waals surface area contributed by atoms with Crippen molar-refractivity contribution in [1.82, 2.24) is 15.8 Å². The number of benzene rings is 2. The number of amides is 4. The maximum atomic E-state index is 12.9. The molecular formula is C19H16F3N3O3S. The molecule has 1 saturated heterocycles. The van der Waals surface area contributed by atoms with E-state index in [1.54, 1.807) is 37.3 Å². The first-order chi connectivity index (χ1) is 13.7. The molecule has 1 heterocycles. The lowest BCUT2D eigenvalue weighted by molar-refractivity contribution is -0.133. The van der Waals surface area contributed by atoms with E-state index in [0.29, 0.717) is 10.6 Å². The zero-order valence-electron chi connectivity index (χ0n) is 15.1. The van der Waals surface area contributed by atoms with E-state index in [4.69, 9.17) is 0 Å². The van der Waals surface area contributed by atoms with Crippen LogP contribution in [0.4, 0.5) is 18.0 Å². The molecule has 6 nitrogen and oxygen atoms in total. The molecule has 10 heteroatoms. The Morgan fingerprint density at radius 2 is 1.72 bits per heavy atom. The number of rotatable bonds is 5. The molecular weight excluding hydrogens is 407 g/mol. The summed E-state index contributed by atoms with van der Waals surface area (Å²) in [6.45, 7) is 1.73. The van der Waals surface area contributed by atoms with Gasteiger partial charge in [-0.2, -0.15) is 18.2 Å². The van der Waals surface area contributed by atoms with Crippen molar-refractivity contribution in [3.8, 4) is 0 Å². The van der Waals surface area contributed by atoms with Crippen molar-refractivity contribution >= 4 is 29.6 Å². The highest BCUT2D eigenvalue weighted by Gasteiger charge is 2.52. The lowest BCUT2D eigenvalue weighted by Gasteiger charge is -2.25. The summed E-state index contributed by atoms with van der Waals surface area (Å²) in [5.74, 6) is -1.44. The van der Waals surface area contributed by atoms with E-state index in [1.165, 1.54) is 12.1 Å². The third kappa shape index (κ3) is 4.21. The highest BCUT2D eigenvalue weighted by molar-refractivity contribution is 8.00. The zero-order valence-corrected chi connectivity index (χ0v) is 15.9. The number of nitrogens with one attached hydrogen (secondary N) is 2. The zero-order chi connectivity index (χ0) is 21.2. The van der Waals surface area contributed by atoms with E-state index in [9.17, 15) is 27.6 Å². The van der Waals surface area contributed by atoms with Gasteiger partial charge in [-0.25, -0.2) is 4.79 Å². The number of alkyl halides is 3. The Morgan fingerprint density at radius 1 is 1.10 bits per heavy atom. The lowest BCUT2D eigenvalue weighted by atomic mass is 9.87. The predicted octanol–water partition coefficient (Wildman–Crippen LogP) is 3.80. The van der Waals surface area contributed by atoms with Crippen molar-refractivity contribution < 1.29 is 27.6 Å². The number of thioether (sulfide) groups is 1. The number of hydrazine groups is 1. The first kappa shape index (κ1) is 20.7. The second kappa shape index (κ2) is 7.78. The molecule has 152 valence electrons. The summed E-state index contributed by atoms with van der Waals surface area (Å²) in [5, 5.41) is 3.21. The largest absolute Gasteiger partial charge is 0.446 e. The number of hydrogen-bond acceptors (Lipinski definition) is 4. The summed E-state index contributed by atoms with van der Waals surface area (Å²) < 4.78 is 37.2. The summed E-state index contributed by atoms with van der Waals surface area (Å²) in [7, 11) is 0. The van der Waals surface area contributed by atoms with Gasteiger partial charge in [0.15, 0.2) is 0 Å². The van der Waals surface area contributed by atoms with Gasteiger partial charge < -0.3 is 5.32 Å². The van der Waals surface area contributed by atoms with E-state index in [2.05, 4.69) is 10.7 Å². The van der Waals surface area contributed by atoms with Crippen LogP contribution in [-0.4, -0.2) is 28.4 Å². The van der Waals surface area contributed by atoms with Gasteiger partial charge in [-0.05, 0) is 48.0 Å². The average Bonchev–Trinajstić information content (AvgIpc) is 2.93. The van der Waals surface area contributed by atoms with Crippen molar-refractivity contribution in [3.63, 3.8) is 0 Å². The second-order valence-electron chi connectivity index (χ2n) is 6.21. The Hall–Kier alpha value is -3.01. The molecule has 2 N–H and O–H groups in total. The van der Waals surface area contributed by atoms with Crippen LogP contribution < -0.4 is 10.7 Å². The molecule has 2 aromatic rings. The van der Waals surface area contributed by atoms with Crippen molar-refractivity contribution in [1.29, 1.82) is 0 Å². The Kier molecular flexibility index (Phi) is 5.56. The minimum atomic E-state index is -4.44. The molecule has 1 atom stereocenters. The van der Waals surface area contributed by atoms with Crippen LogP contribution in [0, 0.1) is 0 Å². The molecule has 29 heavy (non-hydrogen) atoms. The number of carbonyl (C=O) groups excluding carboxylic acids is 3. The minimum Gasteiger partial charge on any atom is -0.318 e. The molecule has 0 radical (unpaired) electrons. The molecule has 3 rings (SSSR count). The Balaban J connectivity index is 1.77. The SMILES string of the molecule is CCC1(c2ccccc2)NC(=O)N(NC(=O)c2ccc(SC(F)(F)F)cc2)C1=O. The van der Waals surface area contributed by atoms with Crippen LogP contribution in [0.1, 0.15) is 29.3 Å². The summed E-state index contributed by atoms with van der Waals surface area (Å²) >= 11 is -0.305. The number of hydrogen-bond donors (Lipinski definition) is 2. The molecule has 1 fully saturated rings. The predicted molar refractivity (Wildman–Crippen MR) is 99.6 cm³/mol. The molecule has 0 spiro atoms. The van der Waals surface area contributed by atoms with E-state index in [1.807, 2.05) is 0 Å². The van der Waals surface area contributed by atoms with Gasteiger partial charge in [0.1, 0.15) is 5.54 Å². The van der Waals surface area contributed by atoms with E-state index in [-0.39, 0.29) is 28.6 Å². The topological polar surface area (TPSA) is 78.5 Å². The van der Waals surface area contributed by atoms with Crippen LogP contribution in [-0.2, 0) is 10.3 Å². The fraction of sp³-hybridized carbons (Fsp3) is 0.211. The van der Waals surface area contributed by atoms with Gasteiger partial charge in [-0.3, -0.25) is 15.0 Å². The summed E-state index contributed by atoms with van der Waals surface area (Å²) in [4.78, 5) is 37.6. The maximum Gasteiger partial charge on any atom is 0.446 e. The van der Waals surface area contributed by atoms with Crippen molar-refractivity contribution in [3.05, 3.63) is 65.7 Å². The highest BCUT2D eigenvalue weighted by Crippen LogP contribution is 2.36. The molecule has 0 aromatic heterocycles. The fourth-order valence-corrected chi connectivity index (χ4v) is 3.55. The first-order valence-electron chi connectivity index (χ1n) is 8.55. The van der Waals surface area contributed by atoms with Crippen LogP contribution in [0.3, 0.4) is 0 Å². The van der Waals surface area contributed by atoms with Crippen LogP contribution >= 0.6 is 11.8 Å².